The van der Waals surface area contributed by atoms with Crippen LogP contribution in [0.15, 0.2) is 46.9 Å². The number of nitrogens with one attached hydrogen (secondary N) is 3. The van der Waals surface area contributed by atoms with Crippen molar-refractivity contribution in [1.29, 1.82) is 5.41 Å². The molecule has 2 aromatic carbocycles. The van der Waals surface area contributed by atoms with Crippen LogP contribution >= 0.6 is 15.9 Å². The molecule has 31 heavy (non-hydrogen) atoms. The lowest BCUT2D eigenvalue weighted by atomic mass is 10.1. The summed E-state index contributed by atoms with van der Waals surface area (Å²) in [4.78, 5) is 38.3. The van der Waals surface area contributed by atoms with Crippen LogP contribution in [0.1, 0.15) is 18.4 Å². The van der Waals surface area contributed by atoms with Crippen molar-refractivity contribution in [2.45, 2.75) is 18.9 Å². The molecule has 1 aliphatic heterocycles. The number of hydrogen-bond donors (Lipinski definition) is 4. The van der Waals surface area contributed by atoms with E-state index in [1.807, 2.05) is 0 Å². The zero-order chi connectivity index (χ0) is 22.5. The first-order valence-corrected chi connectivity index (χ1v) is 10.3. The molecule has 1 saturated heterocycles. The summed E-state index contributed by atoms with van der Waals surface area (Å²) in [5.74, 6) is -2.25. The third kappa shape index (κ3) is 5.08. The number of carbonyl (C=O) groups is 3. The maximum absolute atomic E-state index is 14.2. The molecular weight excluding hydrogens is 469 g/mol. The number of nitrogens with two attached hydrogens (primary N) is 1. The summed E-state index contributed by atoms with van der Waals surface area (Å²) in [6.45, 7) is 0.260. The van der Waals surface area contributed by atoms with E-state index in [0.717, 1.165) is 0 Å². The summed E-state index contributed by atoms with van der Waals surface area (Å²) in [6.07, 6.45) is 1.11. The van der Waals surface area contributed by atoms with E-state index < -0.39 is 23.7 Å². The number of benzene rings is 2. The average Bonchev–Trinajstić information content (AvgIpc) is 3.25. The molecule has 1 heterocycles. The first kappa shape index (κ1) is 22.4. The Kier molecular flexibility index (Phi) is 7.01. The minimum Gasteiger partial charge on any atom is -0.376 e. The van der Waals surface area contributed by atoms with Crippen LogP contribution in [-0.4, -0.2) is 47.5 Å². The van der Waals surface area contributed by atoms with Crippen molar-refractivity contribution in [3.63, 3.8) is 0 Å². The van der Waals surface area contributed by atoms with Crippen molar-refractivity contribution in [2.24, 2.45) is 5.73 Å². The van der Waals surface area contributed by atoms with Gasteiger partial charge >= 0.3 is 0 Å². The fourth-order valence-electron chi connectivity index (χ4n) is 3.41. The Bertz CT molecular complexity index is 1050. The van der Waals surface area contributed by atoms with E-state index in [1.54, 1.807) is 30.3 Å². The number of amides is 3. The highest BCUT2D eigenvalue weighted by Crippen LogP contribution is 2.25. The van der Waals surface area contributed by atoms with Crippen molar-refractivity contribution in [1.82, 2.24) is 4.90 Å². The van der Waals surface area contributed by atoms with E-state index in [0.29, 0.717) is 25.1 Å². The second-order valence-corrected chi connectivity index (χ2v) is 7.83. The van der Waals surface area contributed by atoms with Gasteiger partial charge in [-0.15, -0.1) is 0 Å². The first-order valence-electron chi connectivity index (χ1n) is 9.55. The van der Waals surface area contributed by atoms with Crippen LogP contribution in [0.3, 0.4) is 0 Å². The van der Waals surface area contributed by atoms with Gasteiger partial charge < -0.3 is 21.3 Å². The Balaban J connectivity index is 1.67. The van der Waals surface area contributed by atoms with Crippen LogP contribution in [-0.2, 0) is 14.4 Å². The number of nitrogens with zero attached hydrogens (tertiary/aromatic N) is 1. The van der Waals surface area contributed by atoms with Crippen LogP contribution in [0.5, 0.6) is 0 Å². The molecule has 0 unspecified atom stereocenters. The third-order valence-electron chi connectivity index (χ3n) is 4.96. The molecule has 0 aliphatic carbocycles. The molecule has 0 spiro atoms. The summed E-state index contributed by atoms with van der Waals surface area (Å²) in [6, 6.07) is 10.4. The summed E-state index contributed by atoms with van der Waals surface area (Å²) in [5, 5.41) is 13.3. The Hall–Kier alpha value is -3.27. The van der Waals surface area contributed by atoms with Gasteiger partial charge in [0.2, 0.25) is 11.8 Å². The van der Waals surface area contributed by atoms with E-state index in [4.69, 9.17) is 11.1 Å². The number of para-hydroxylation sites is 1. The standard InChI is InChI=1S/C21H21BrFN5O3/c22-13-6-3-8-15(18(13)23)27-21(31)16-9-4-10-28(16)17(29)11-26-14-7-2-1-5-12(14)19(24)20(25)30/h1-3,5-8,16,24,26H,4,9-11H2,(H2,25,30)(H,27,31)/t16-/m0/s1. The largest absolute Gasteiger partial charge is 0.376 e. The molecule has 162 valence electrons. The van der Waals surface area contributed by atoms with Crippen LogP contribution in [0, 0.1) is 11.2 Å². The van der Waals surface area contributed by atoms with Gasteiger partial charge in [0, 0.05) is 17.8 Å². The van der Waals surface area contributed by atoms with Gasteiger partial charge in [0.25, 0.3) is 5.91 Å². The van der Waals surface area contributed by atoms with Crippen LogP contribution in [0.4, 0.5) is 15.8 Å². The fourth-order valence-corrected chi connectivity index (χ4v) is 3.78. The van der Waals surface area contributed by atoms with Gasteiger partial charge in [-0.2, -0.15) is 0 Å². The zero-order valence-electron chi connectivity index (χ0n) is 16.5. The smallest absolute Gasteiger partial charge is 0.267 e. The molecule has 3 amide bonds. The molecular formula is C21H21BrFN5O3. The van der Waals surface area contributed by atoms with Gasteiger partial charge in [-0.1, -0.05) is 24.3 Å². The second kappa shape index (κ2) is 9.69. The van der Waals surface area contributed by atoms with Crippen molar-refractivity contribution >= 4 is 50.7 Å². The van der Waals surface area contributed by atoms with Gasteiger partial charge in [-0.05, 0) is 47.0 Å². The Morgan fingerprint density at radius 1 is 1.16 bits per heavy atom. The predicted octanol–water partition coefficient (Wildman–Crippen LogP) is 2.48. The minimum atomic E-state index is -0.878. The molecule has 8 nitrogen and oxygen atoms in total. The maximum atomic E-state index is 14.2. The Morgan fingerprint density at radius 3 is 2.61 bits per heavy atom. The SMILES string of the molecule is N=C(C(N)=O)c1ccccc1NCC(=O)N1CCC[C@H]1C(=O)Nc1cccc(Br)c1F. The third-order valence-corrected chi connectivity index (χ3v) is 5.57. The molecule has 10 heteroatoms. The number of rotatable bonds is 7. The lowest BCUT2D eigenvalue weighted by Crippen LogP contribution is -2.45. The molecule has 3 rings (SSSR count). The normalized spacial score (nSPS) is 15.4. The molecule has 0 aromatic heterocycles. The summed E-state index contributed by atoms with van der Waals surface area (Å²) in [7, 11) is 0. The van der Waals surface area contributed by atoms with Gasteiger partial charge in [0.1, 0.15) is 11.8 Å². The fraction of sp³-hybridized carbons (Fsp3) is 0.238. The number of hydrogen-bond acceptors (Lipinski definition) is 5. The van der Waals surface area contributed by atoms with Gasteiger partial charge in [-0.3, -0.25) is 19.8 Å². The number of primary amides is 1. The second-order valence-electron chi connectivity index (χ2n) is 6.97. The minimum absolute atomic E-state index is 0.0377. The molecule has 2 aromatic rings. The van der Waals surface area contributed by atoms with E-state index in [2.05, 4.69) is 26.6 Å². The molecule has 5 N–H and O–H groups in total. The number of anilines is 2. The van der Waals surface area contributed by atoms with Crippen LogP contribution < -0.4 is 16.4 Å². The molecule has 0 saturated carbocycles. The van der Waals surface area contributed by atoms with E-state index >= 15 is 0 Å². The van der Waals surface area contributed by atoms with Crippen molar-refractivity contribution < 1.29 is 18.8 Å². The van der Waals surface area contributed by atoms with Crippen molar-refractivity contribution in [3.8, 4) is 0 Å². The molecule has 1 aliphatic rings. The monoisotopic (exact) mass is 489 g/mol. The lowest BCUT2D eigenvalue weighted by molar-refractivity contribution is -0.135. The van der Waals surface area contributed by atoms with Crippen molar-refractivity contribution in [2.75, 3.05) is 23.7 Å². The summed E-state index contributed by atoms with van der Waals surface area (Å²) < 4.78 is 14.4. The van der Waals surface area contributed by atoms with Gasteiger partial charge in [0.15, 0.2) is 5.82 Å². The average molecular weight is 490 g/mol. The Morgan fingerprint density at radius 2 is 1.87 bits per heavy atom. The van der Waals surface area contributed by atoms with E-state index in [1.165, 1.54) is 17.0 Å². The van der Waals surface area contributed by atoms with Gasteiger partial charge in [-0.25, -0.2) is 4.39 Å². The zero-order valence-corrected chi connectivity index (χ0v) is 18.0. The highest BCUT2D eigenvalue weighted by molar-refractivity contribution is 9.10. The quantitative estimate of drug-likeness (QED) is 0.445. The van der Waals surface area contributed by atoms with Crippen LogP contribution in [0.25, 0.3) is 0 Å². The van der Waals surface area contributed by atoms with Gasteiger partial charge in [0.05, 0.1) is 16.7 Å². The molecule has 0 radical (unpaired) electrons. The summed E-state index contributed by atoms with van der Waals surface area (Å²) in [5.41, 5.74) is 5.55. The molecule has 0 bridgehead atoms. The molecule has 1 fully saturated rings. The Labute approximate surface area is 186 Å². The topological polar surface area (TPSA) is 128 Å². The molecule has 1 atom stereocenters. The number of carbonyl (C=O) groups excluding carboxylic acids is 3. The first-order chi connectivity index (χ1) is 14.8. The lowest BCUT2D eigenvalue weighted by Gasteiger charge is -2.24. The number of likely N-dealkylation sites (tertiary alicyclic amines) is 1. The maximum Gasteiger partial charge on any atom is 0.267 e. The summed E-state index contributed by atoms with van der Waals surface area (Å²) >= 11 is 3.08. The predicted molar refractivity (Wildman–Crippen MR) is 118 cm³/mol. The van der Waals surface area contributed by atoms with E-state index in [-0.39, 0.29) is 33.9 Å². The highest BCUT2D eigenvalue weighted by Gasteiger charge is 2.34. The highest BCUT2D eigenvalue weighted by atomic mass is 79.9. The van der Waals surface area contributed by atoms with Crippen molar-refractivity contribution in [3.05, 3.63) is 58.3 Å². The number of halogens is 2. The van der Waals surface area contributed by atoms with Crippen LogP contribution in [0.2, 0.25) is 0 Å². The van der Waals surface area contributed by atoms with E-state index in [9.17, 15) is 18.8 Å².